The molecular weight excluding hydrogens is 242 g/mol. The highest BCUT2D eigenvalue weighted by atomic mass is 32.2. The Bertz CT molecular complexity index is 282. The molecule has 0 aromatic carbocycles. The molecule has 0 aromatic rings. The van der Waals surface area contributed by atoms with E-state index >= 15 is 0 Å². The summed E-state index contributed by atoms with van der Waals surface area (Å²) in [6.45, 7) is 0.835. The van der Waals surface area contributed by atoms with Crippen molar-refractivity contribution in [3.05, 3.63) is 0 Å². The van der Waals surface area contributed by atoms with Crippen molar-refractivity contribution in [1.82, 2.24) is 5.32 Å². The van der Waals surface area contributed by atoms with Crippen molar-refractivity contribution in [2.24, 2.45) is 0 Å². The molecule has 0 saturated heterocycles. The van der Waals surface area contributed by atoms with Crippen LogP contribution in [0.15, 0.2) is 0 Å². The highest BCUT2D eigenvalue weighted by Gasteiger charge is 2.19. The maximum absolute atomic E-state index is 10.9. The van der Waals surface area contributed by atoms with Crippen molar-refractivity contribution >= 4 is 21.6 Å². The molecule has 0 bridgehead atoms. The minimum Gasteiger partial charge on any atom is -0.314 e. The van der Waals surface area contributed by atoms with E-state index in [0.717, 1.165) is 18.2 Å². The first kappa shape index (κ1) is 14.3. The summed E-state index contributed by atoms with van der Waals surface area (Å²) in [5.74, 6) is 0.306. The minimum absolute atomic E-state index is 0.306. The average molecular weight is 265 g/mol. The van der Waals surface area contributed by atoms with Gasteiger partial charge in [-0.25, -0.2) is 8.42 Å². The molecule has 1 aliphatic carbocycles. The van der Waals surface area contributed by atoms with E-state index in [-0.39, 0.29) is 0 Å². The Morgan fingerprint density at radius 2 is 1.88 bits per heavy atom. The summed E-state index contributed by atoms with van der Waals surface area (Å²) in [5.41, 5.74) is 0. The van der Waals surface area contributed by atoms with Crippen molar-refractivity contribution in [3.63, 3.8) is 0 Å². The third-order valence-electron chi connectivity index (χ3n) is 3.13. The molecule has 5 heteroatoms. The second-order valence-electron chi connectivity index (χ2n) is 4.65. The number of thioether (sulfide) groups is 1. The van der Waals surface area contributed by atoms with Crippen LogP contribution in [0.5, 0.6) is 0 Å². The van der Waals surface area contributed by atoms with Crippen molar-refractivity contribution in [2.45, 2.75) is 43.4 Å². The smallest absolute Gasteiger partial charge is 0.147 e. The molecule has 0 spiro atoms. The van der Waals surface area contributed by atoms with Gasteiger partial charge in [0.05, 0.1) is 5.75 Å². The standard InChI is InChI=1S/C11H23NO2S2/c1-15-11-6-4-10(5-7-11)12-8-3-9-16(2,13)14/h10-12H,3-9H2,1-2H3. The Morgan fingerprint density at radius 3 is 2.38 bits per heavy atom. The van der Waals surface area contributed by atoms with Crippen molar-refractivity contribution < 1.29 is 8.42 Å². The number of hydrogen-bond donors (Lipinski definition) is 1. The van der Waals surface area contributed by atoms with Crippen LogP contribution in [0.2, 0.25) is 0 Å². The zero-order valence-corrected chi connectivity index (χ0v) is 11.9. The highest BCUT2D eigenvalue weighted by molar-refractivity contribution is 7.99. The Hall–Kier alpha value is 0.260. The van der Waals surface area contributed by atoms with Gasteiger partial charge in [0.1, 0.15) is 9.84 Å². The Labute approximate surface area is 104 Å². The summed E-state index contributed by atoms with van der Waals surface area (Å²) in [4.78, 5) is 0. The zero-order valence-electron chi connectivity index (χ0n) is 10.2. The van der Waals surface area contributed by atoms with Crippen LogP contribution in [-0.4, -0.2) is 44.5 Å². The molecule has 16 heavy (non-hydrogen) atoms. The summed E-state index contributed by atoms with van der Waals surface area (Å²) in [5, 5.41) is 4.31. The van der Waals surface area contributed by atoms with E-state index in [1.807, 2.05) is 11.8 Å². The Balaban J connectivity index is 2.07. The van der Waals surface area contributed by atoms with Crippen LogP contribution >= 0.6 is 11.8 Å². The molecule has 1 aliphatic rings. The van der Waals surface area contributed by atoms with Crippen molar-refractivity contribution in [3.8, 4) is 0 Å². The van der Waals surface area contributed by atoms with Gasteiger partial charge in [-0.1, -0.05) is 0 Å². The van der Waals surface area contributed by atoms with E-state index < -0.39 is 9.84 Å². The second kappa shape index (κ2) is 6.87. The van der Waals surface area contributed by atoms with Gasteiger partial charge in [-0.3, -0.25) is 0 Å². The van der Waals surface area contributed by atoms with Crippen LogP contribution < -0.4 is 5.32 Å². The van der Waals surface area contributed by atoms with Gasteiger partial charge in [-0.05, 0) is 44.9 Å². The van der Waals surface area contributed by atoms with Gasteiger partial charge in [-0.15, -0.1) is 0 Å². The van der Waals surface area contributed by atoms with Crippen LogP contribution in [0.4, 0.5) is 0 Å². The lowest BCUT2D eigenvalue weighted by Crippen LogP contribution is -2.34. The van der Waals surface area contributed by atoms with Crippen LogP contribution in [0.1, 0.15) is 32.1 Å². The van der Waals surface area contributed by atoms with Gasteiger partial charge < -0.3 is 5.32 Å². The predicted molar refractivity (Wildman–Crippen MR) is 71.9 cm³/mol. The maximum Gasteiger partial charge on any atom is 0.147 e. The van der Waals surface area contributed by atoms with Gasteiger partial charge in [0.2, 0.25) is 0 Å². The zero-order chi connectivity index (χ0) is 12.0. The summed E-state index contributed by atoms with van der Waals surface area (Å²) in [6, 6.07) is 0.614. The molecule has 3 nitrogen and oxygen atoms in total. The molecule has 1 N–H and O–H groups in total. The molecule has 0 unspecified atom stereocenters. The molecule has 96 valence electrons. The third-order valence-corrected chi connectivity index (χ3v) is 5.30. The van der Waals surface area contributed by atoms with E-state index in [4.69, 9.17) is 0 Å². The van der Waals surface area contributed by atoms with Crippen LogP contribution in [0, 0.1) is 0 Å². The highest BCUT2D eigenvalue weighted by Crippen LogP contribution is 2.26. The van der Waals surface area contributed by atoms with Crippen molar-refractivity contribution in [1.29, 1.82) is 0 Å². The summed E-state index contributed by atoms with van der Waals surface area (Å²) >= 11 is 1.97. The molecule has 0 aliphatic heterocycles. The maximum atomic E-state index is 10.9. The molecule has 0 radical (unpaired) electrons. The average Bonchev–Trinajstić information content (AvgIpc) is 2.24. The fourth-order valence-electron chi connectivity index (χ4n) is 2.14. The van der Waals surface area contributed by atoms with Gasteiger partial charge in [0.15, 0.2) is 0 Å². The van der Waals surface area contributed by atoms with Crippen molar-refractivity contribution in [2.75, 3.05) is 24.8 Å². The molecule has 0 atom stereocenters. The molecule has 1 fully saturated rings. The molecular formula is C11H23NO2S2. The second-order valence-corrected chi connectivity index (χ2v) is 8.04. The summed E-state index contributed by atoms with van der Waals surface area (Å²) < 4.78 is 21.9. The lowest BCUT2D eigenvalue weighted by Gasteiger charge is -2.28. The number of hydrogen-bond acceptors (Lipinski definition) is 4. The first-order chi connectivity index (χ1) is 7.51. The lowest BCUT2D eigenvalue weighted by atomic mass is 9.95. The molecule has 0 heterocycles. The van der Waals surface area contributed by atoms with Crippen LogP contribution in [0.25, 0.3) is 0 Å². The molecule has 1 saturated carbocycles. The minimum atomic E-state index is -2.78. The molecule has 0 amide bonds. The number of rotatable bonds is 6. The first-order valence-electron chi connectivity index (χ1n) is 5.95. The Kier molecular flexibility index (Phi) is 6.15. The first-order valence-corrected chi connectivity index (χ1v) is 9.30. The molecule has 1 rings (SSSR count). The van der Waals surface area contributed by atoms with Gasteiger partial charge in [-0.2, -0.15) is 11.8 Å². The van der Waals surface area contributed by atoms with E-state index in [1.54, 1.807) is 0 Å². The lowest BCUT2D eigenvalue weighted by molar-refractivity contribution is 0.381. The van der Waals surface area contributed by atoms with Crippen LogP contribution in [0.3, 0.4) is 0 Å². The van der Waals surface area contributed by atoms with Crippen LogP contribution in [-0.2, 0) is 9.84 Å². The third kappa shape index (κ3) is 6.11. The summed E-state index contributed by atoms with van der Waals surface area (Å²) in [6.07, 6.45) is 9.30. The summed E-state index contributed by atoms with van der Waals surface area (Å²) in [7, 11) is -2.78. The number of nitrogens with one attached hydrogen (secondary N) is 1. The van der Waals surface area contributed by atoms with Gasteiger partial charge in [0.25, 0.3) is 0 Å². The van der Waals surface area contributed by atoms with E-state index in [9.17, 15) is 8.42 Å². The normalized spacial score (nSPS) is 26.9. The fraction of sp³-hybridized carbons (Fsp3) is 1.00. The topological polar surface area (TPSA) is 46.2 Å². The quantitative estimate of drug-likeness (QED) is 0.742. The SMILES string of the molecule is CSC1CCC(NCCCS(C)(=O)=O)CC1. The van der Waals surface area contributed by atoms with Gasteiger partial charge in [0, 0.05) is 17.5 Å². The fourth-order valence-corrected chi connectivity index (χ4v) is 3.56. The number of sulfone groups is 1. The largest absolute Gasteiger partial charge is 0.314 e. The predicted octanol–water partition coefficient (Wildman–Crippen LogP) is 1.68. The molecule has 0 aromatic heterocycles. The van der Waals surface area contributed by atoms with E-state index in [2.05, 4.69) is 11.6 Å². The Morgan fingerprint density at radius 1 is 1.25 bits per heavy atom. The van der Waals surface area contributed by atoms with E-state index in [1.165, 1.54) is 31.9 Å². The van der Waals surface area contributed by atoms with Gasteiger partial charge >= 0.3 is 0 Å². The monoisotopic (exact) mass is 265 g/mol. The van der Waals surface area contributed by atoms with E-state index in [0.29, 0.717) is 11.8 Å².